The molecule has 0 bridgehead atoms. The first-order chi connectivity index (χ1) is 8.65. The molecule has 88 valence electrons. The first-order valence-electron chi connectivity index (χ1n) is 5.70. The lowest BCUT2D eigenvalue weighted by Crippen LogP contribution is -2.02. The van der Waals surface area contributed by atoms with E-state index in [9.17, 15) is 4.79 Å². The van der Waals surface area contributed by atoms with Crippen LogP contribution in [0.1, 0.15) is 15.9 Å². The second kappa shape index (κ2) is 6.00. The average Bonchev–Trinajstić information content (AvgIpc) is 2.38. The first kappa shape index (κ1) is 13.1. The van der Waals surface area contributed by atoms with Crippen molar-refractivity contribution in [1.82, 2.24) is 0 Å². The Morgan fingerprint density at radius 2 is 1.61 bits per heavy atom. The Balaban J connectivity index is 2.11. The molecule has 0 spiro atoms. The van der Waals surface area contributed by atoms with Gasteiger partial charge in [0, 0.05) is 9.13 Å². The fraction of sp³-hybridized carbons (Fsp3) is 0. The average molecular weight is 346 g/mol. The zero-order valence-electron chi connectivity index (χ0n) is 10.1. The van der Waals surface area contributed by atoms with Crippen LogP contribution >= 0.6 is 22.6 Å². The normalized spacial score (nSPS) is 10.7. The van der Waals surface area contributed by atoms with Crippen LogP contribution in [0.15, 0.2) is 54.6 Å². The summed E-state index contributed by atoms with van der Waals surface area (Å²) in [5.41, 5.74) is 2.92. The van der Waals surface area contributed by atoms with Gasteiger partial charge in [-0.3, -0.25) is 4.79 Å². The monoisotopic (exact) mass is 346 g/mol. The number of carbonyl (C=O) groups excluding carboxylic acids is 1. The second-order valence-corrected chi connectivity index (χ2v) is 5.36. The van der Waals surface area contributed by atoms with Gasteiger partial charge < -0.3 is 0 Å². The highest BCUT2D eigenvalue weighted by atomic mass is 127. The van der Waals surface area contributed by atoms with E-state index < -0.39 is 0 Å². The van der Waals surface area contributed by atoms with Gasteiger partial charge in [-0.1, -0.05) is 47.9 Å². The molecule has 0 heterocycles. The van der Waals surface area contributed by atoms with E-state index in [-0.39, 0.29) is 5.78 Å². The largest absolute Gasteiger partial charge is 0.289 e. The van der Waals surface area contributed by atoms with E-state index >= 15 is 0 Å². The fourth-order valence-electron chi connectivity index (χ4n) is 1.56. The summed E-state index contributed by atoms with van der Waals surface area (Å²) in [6, 6.07) is 15.7. The molecule has 0 N–H and O–H groups in total. The zero-order valence-corrected chi connectivity index (χ0v) is 12.2. The van der Waals surface area contributed by atoms with Crippen molar-refractivity contribution in [3.05, 3.63) is 69.3 Å². The van der Waals surface area contributed by atoms with E-state index in [0.29, 0.717) is 0 Å². The Morgan fingerprint density at radius 1 is 1.00 bits per heavy atom. The summed E-state index contributed by atoms with van der Waals surface area (Å²) in [7, 11) is 2.01. The van der Waals surface area contributed by atoms with Crippen molar-refractivity contribution in [3.8, 4) is 0 Å². The van der Waals surface area contributed by atoms with Gasteiger partial charge in [0.05, 0.1) is 0 Å². The molecule has 0 amide bonds. The van der Waals surface area contributed by atoms with E-state index in [1.54, 1.807) is 6.08 Å². The lowest BCUT2D eigenvalue weighted by molar-refractivity contribution is 0.104. The molecule has 2 aromatic carbocycles. The number of rotatable bonds is 3. The quantitative estimate of drug-likeness (QED) is 0.361. The van der Waals surface area contributed by atoms with E-state index in [2.05, 4.69) is 22.6 Å². The summed E-state index contributed by atoms with van der Waals surface area (Å²) >= 11 is 2.26. The number of hydrogen-bond donors (Lipinski definition) is 0. The maximum Gasteiger partial charge on any atom is 0.185 e. The van der Waals surface area contributed by atoms with E-state index in [0.717, 1.165) is 16.6 Å². The van der Waals surface area contributed by atoms with Crippen LogP contribution in [-0.4, -0.2) is 13.6 Å². The van der Waals surface area contributed by atoms with Crippen molar-refractivity contribution >= 4 is 47.8 Å². The standard InChI is InChI=1S/C15H12BIO/c16-13-6-4-12(5-7-13)15(18)10-3-11-1-8-14(17)9-2-11/h1-10H,16H2. The number of allylic oxidation sites excluding steroid dienone is 1. The highest BCUT2D eigenvalue weighted by molar-refractivity contribution is 14.1. The number of hydrogen-bond acceptors (Lipinski definition) is 1. The maximum absolute atomic E-state index is 11.9. The minimum Gasteiger partial charge on any atom is -0.289 e. The molecule has 0 aromatic heterocycles. The summed E-state index contributed by atoms with van der Waals surface area (Å²) in [6.07, 6.45) is 3.46. The number of halogens is 1. The second-order valence-electron chi connectivity index (χ2n) is 4.12. The minimum absolute atomic E-state index is 0.0357. The zero-order chi connectivity index (χ0) is 13.0. The summed E-state index contributed by atoms with van der Waals surface area (Å²) in [4.78, 5) is 11.9. The van der Waals surface area contributed by atoms with Crippen molar-refractivity contribution in [2.45, 2.75) is 0 Å². The minimum atomic E-state index is 0.0357. The van der Waals surface area contributed by atoms with Crippen LogP contribution in [0.5, 0.6) is 0 Å². The molecule has 0 fully saturated rings. The third-order valence-corrected chi connectivity index (χ3v) is 3.35. The first-order valence-corrected chi connectivity index (χ1v) is 6.78. The van der Waals surface area contributed by atoms with Crippen LogP contribution in [0, 0.1) is 3.57 Å². The molecule has 3 heteroatoms. The molecule has 0 radical (unpaired) electrons. The molecule has 1 nitrogen and oxygen atoms in total. The summed E-state index contributed by atoms with van der Waals surface area (Å²) < 4.78 is 1.19. The third-order valence-electron chi connectivity index (χ3n) is 2.63. The van der Waals surface area contributed by atoms with Gasteiger partial charge in [-0.2, -0.15) is 0 Å². The molecule has 0 aliphatic carbocycles. The van der Waals surface area contributed by atoms with Crippen LogP contribution in [0.25, 0.3) is 6.08 Å². The highest BCUT2D eigenvalue weighted by Gasteiger charge is 2.00. The van der Waals surface area contributed by atoms with Gasteiger partial charge in [0.25, 0.3) is 0 Å². The van der Waals surface area contributed by atoms with E-state index in [4.69, 9.17) is 0 Å². The molecule has 0 saturated carbocycles. The third kappa shape index (κ3) is 3.57. The molecule has 2 aromatic rings. The topological polar surface area (TPSA) is 17.1 Å². The van der Waals surface area contributed by atoms with E-state index in [1.807, 2.05) is 62.5 Å². The van der Waals surface area contributed by atoms with Gasteiger partial charge in [0.2, 0.25) is 0 Å². The molecule has 0 unspecified atom stereocenters. The molecule has 0 aliphatic rings. The molecule has 0 atom stereocenters. The number of benzene rings is 2. The van der Waals surface area contributed by atoms with Gasteiger partial charge in [0.15, 0.2) is 5.78 Å². The number of ketones is 1. The van der Waals surface area contributed by atoms with Crippen molar-refractivity contribution < 1.29 is 4.79 Å². The molecular formula is C15H12BIO. The molecule has 2 rings (SSSR count). The summed E-state index contributed by atoms with van der Waals surface area (Å²) in [5, 5.41) is 0. The van der Waals surface area contributed by atoms with Crippen molar-refractivity contribution in [1.29, 1.82) is 0 Å². The van der Waals surface area contributed by atoms with Gasteiger partial charge in [-0.05, 0) is 46.4 Å². The van der Waals surface area contributed by atoms with Gasteiger partial charge >= 0.3 is 0 Å². The fourth-order valence-corrected chi connectivity index (χ4v) is 1.92. The van der Waals surface area contributed by atoms with Gasteiger partial charge in [-0.15, -0.1) is 0 Å². The van der Waals surface area contributed by atoms with Gasteiger partial charge in [-0.25, -0.2) is 0 Å². The lowest BCUT2D eigenvalue weighted by Gasteiger charge is -1.97. The maximum atomic E-state index is 11.9. The predicted molar refractivity (Wildman–Crippen MR) is 87.1 cm³/mol. The SMILES string of the molecule is Bc1ccc(C(=O)C=Cc2ccc(I)cc2)cc1. The lowest BCUT2D eigenvalue weighted by atomic mass is 9.94. The van der Waals surface area contributed by atoms with Crippen molar-refractivity contribution in [2.24, 2.45) is 0 Å². The molecular weight excluding hydrogens is 334 g/mol. The summed E-state index contributed by atoms with van der Waals surface area (Å²) in [5.74, 6) is 0.0357. The van der Waals surface area contributed by atoms with Crippen molar-refractivity contribution in [2.75, 3.05) is 0 Å². The van der Waals surface area contributed by atoms with Crippen molar-refractivity contribution in [3.63, 3.8) is 0 Å². The Kier molecular flexibility index (Phi) is 4.36. The Hall–Kier alpha value is -1.36. The summed E-state index contributed by atoms with van der Waals surface area (Å²) in [6.45, 7) is 0. The molecule has 0 saturated heterocycles. The van der Waals surface area contributed by atoms with E-state index in [1.165, 1.54) is 3.57 Å². The van der Waals surface area contributed by atoms with Gasteiger partial charge in [0.1, 0.15) is 7.85 Å². The van der Waals surface area contributed by atoms with Crippen LogP contribution in [0.4, 0.5) is 0 Å². The van der Waals surface area contributed by atoms with Crippen LogP contribution in [0.3, 0.4) is 0 Å². The predicted octanol–water partition coefficient (Wildman–Crippen LogP) is 2.45. The molecule has 0 aliphatic heterocycles. The van der Waals surface area contributed by atoms with Crippen LogP contribution in [-0.2, 0) is 0 Å². The van der Waals surface area contributed by atoms with Crippen LogP contribution < -0.4 is 5.46 Å². The highest BCUT2D eigenvalue weighted by Crippen LogP contribution is 2.09. The number of carbonyl (C=O) groups is 1. The smallest absolute Gasteiger partial charge is 0.185 e. The Labute approximate surface area is 121 Å². The Morgan fingerprint density at radius 3 is 2.22 bits per heavy atom. The molecule has 18 heavy (non-hydrogen) atoms. The Bertz CT molecular complexity index is 570. The van der Waals surface area contributed by atoms with Crippen LogP contribution in [0.2, 0.25) is 0 Å².